The molecule has 184 valence electrons. The van der Waals surface area contributed by atoms with E-state index in [4.69, 9.17) is 9.47 Å². The molecular weight excluding hydrogens is 456 g/mol. The summed E-state index contributed by atoms with van der Waals surface area (Å²) in [6.45, 7) is 6.58. The maximum atomic E-state index is 13.4. The van der Waals surface area contributed by atoms with Gasteiger partial charge >= 0.3 is 0 Å². The minimum absolute atomic E-state index is 0.00568. The number of anilines is 1. The molecule has 36 heavy (non-hydrogen) atoms. The Morgan fingerprint density at radius 3 is 2.17 bits per heavy atom. The van der Waals surface area contributed by atoms with Crippen LogP contribution in [-0.4, -0.2) is 29.5 Å². The van der Waals surface area contributed by atoms with E-state index in [1.165, 1.54) is 6.20 Å². The zero-order valence-electron chi connectivity index (χ0n) is 20.5. The average molecular weight is 485 g/mol. The Morgan fingerprint density at radius 2 is 1.50 bits per heavy atom. The minimum atomic E-state index is -0.403. The third kappa shape index (κ3) is 5.46. The van der Waals surface area contributed by atoms with Gasteiger partial charge in [0.25, 0.3) is 0 Å². The van der Waals surface area contributed by atoms with Gasteiger partial charge in [0.2, 0.25) is 11.3 Å². The molecule has 0 fully saturated rings. The Morgan fingerprint density at radius 1 is 0.861 bits per heavy atom. The molecular formula is C29H28N2O5. The van der Waals surface area contributed by atoms with Crippen LogP contribution < -0.4 is 20.2 Å². The molecule has 0 atom stereocenters. The molecule has 0 saturated heterocycles. The maximum absolute atomic E-state index is 13.4. The van der Waals surface area contributed by atoms with E-state index in [-0.39, 0.29) is 18.0 Å². The van der Waals surface area contributed by atoms with Crippen LogP contribution >= 0.6 is 0 Å². The van der Waals surface area contributed by atoms with Gasteiger partial charge in [-0.05, 0) is 63.2 Å². The van der Waals surface area contributed by atoms with Crippen molar-refractivity contribution in [2.75, 3.05) is 18.5 Å². The number of fused-ring (bicyclic) bond motifs is 1. The van der Waals surface area contributed by atoms with Gasteiger partial charge in [-0.2, -0.15) is 0 Å². The third-order valence-electron chi connectivity index (χ3n) is 5.68. The summed E-state index contributed by atoms with van der Waals surface area (Å²) in [5, 5.41) is 3.17. The zero-order valence-corrected chi connectivity index (χ0v) is 20.5. The van der Waals surface area contributed by atoms with Crippen LogP contribution in [0.1, 0.15) is 35.3 Å². The number of amides is 1. The monoisotopic (exact) mass is 484 g/mol. The molecule has 7 heteroatoms. The van der Waals surface area contributed by atoms with Crippen molar-refractivity contribution in [3.63, 3.8) is 0 Å². The fourth-order valence-electron chi connectivity index (χ4n) is 3.94. The van der Waals surface area contributed by atoms with E-state index in [1.807, 2.05) is 32.9 Å². The largest absolute Gasteiger partial charge is 0.494 e. The highest BCUT2D eigenvalue weighted by atomic mass is 16.5. The molecule has 0 spiro atoms. The molecule has 0 unspecified atom stereocenters. The number of benzene rings is 3. The molecule has 0 radical (unpaired) electrons. The number of carbonyl (C=O) groups is 2. The molecule has 4 rings (SSSR count). The molecule has 1 heterocycles. The molecule has 0 saturated carbocycles. The van der Waals surface area contributed by atoms with Crippen LogP contribution in [0.3, 0.4) is 0 Å². The van der Waals surface area contributed by atoms with E-state index in [0.29, 0.717) is 46.9 Å². The predicted octanol–water partition coefficient (Wildman–Crippen LogP) is 4.98. The lowest BCUT2D eigenvalue weighted by Gasteiger charge is -2.15. The molecule has 0 aliphatic heterocycles. The van der Waals surface area contributed by atoms with Crippen LogP contribution in [0.5, 0.6) is 11.5 Å². The molecule has 7 nitrogen and oxygen atoms in total. The van der Waals surface area contributed by atoms with Crippen LogP contribution in [-0.2, 0) is 11.3 Å². The Bertz CT molecular complexity index is 1450. The van der Waals surface area contributed by atoms with Gasteiger partial charge in [0.15, 0.2) is 5.78 Å². The first-order chi connectivity index (χ1) is 17.4. The van der Waals surface area contributed by atoms with Crippen LogP contribution in [0.4, 0.5) is 5.69 Å². The number of rotatable bonds is 9. The topological polar surface area (TPSA) is 86.6 Å². The van der Waals surface area contributed by atoms with E-state index < -0.39 is 11.2 Å². The number of hydrogen-bond acceptors (Lipinski definition) is 5. The van der Waals surface area contributed by atoms with Crippen molar-refractivity contribution in [3.8, 4) is 11.5 Å². The van der Waals surface area contributed by atoms with E-state index in [2.05, 4.69) is 5.32 Å². The number of nitrogens with one attached hydrogen (secondary N) is 1. The lowest BCUT2D eigenvalue weighted by molar-refractivity contribution is -0.116. The van der Waals surface area contributed by atoms with Crippen molar-refractivity contribution in [2.24, 2.45) is 0 Å². The molecule has 1 aromatic heterocycles. The summed E-state index contributed by atoms with van der Waals surface area (Å²) in [5.41, 5.74) is 2.15. The molecule has 0 aliphatic carbocycles. The predicted molar refractivity (Wildman–Crippen MR) is 140 cm³/mol. The Kier molecular flexibility index (Phi) is 7.49. The van der Waals surface area contributed by atoms with E-state index >= 15 is 0 Å². The number of hydrogen-bond donors (Lipinski definition) is 1. The van der Waals surface area contributed by atoms with Crippen LogP contribution in [0.2, 0.25) is 0 Å². The van der Waals surface area contributed by atoms with Crippen molar-refractivity contribution in [1.82, 2.24) is 4.57 Å². The highest BCUT2D eigenvalue weighted by molar-refractivity contribution is 6.10. The standard InChI is InChI=1S/C29H28N2O5/c1-4-35-22-12-10-21(11-13-22)30-27(32)18-31-17-25(28(33)20-8-6-19(3)7-9-20)29(34)24-16-23(36-5-2)14-15-26(24)31/h6-17H,4-5,18H2,1-3H3,(H,30,32). The van der Waals surface area contributed by atoms with Crippen LogP contribution in [0.25, 0.3) is 10.9 Å². The van der Waals surface area contributed by atoms with Gasteiger partial charge in [0, 0.05) is 17.4 Å². The third-order valence-corrected chi connectivity index (χ3v) is 5.68. The van der Waals surface area contributed by atoms with Crippen LogP contribution in [0.15, 0.2) is 77.7 Å². The second-order valence-electron chi connectivity index (χ2n) is 8.31. The number of aromatic nitrogens is 1. The number of ketones is 1. The van der Waals surface area contributed by atoms with Gasteiger partial charge in [-0.1, -0.05) is 29.8 Å². The van der Waals surface area contributed by atoms with Crippen molar-refractivity contribution in [1.29, 1.82) is 0 Å². The van der Waals surface area contributed by atoms with Gasteiger partial charge in [-0.15, -0.1) is 0 Å². The first kappa shape index (κ1) is 24.7. The summed E-state index contributed by atoms with van der Waals surface area (Å²) in [6.07, 6.45) is 1.46. The number of nitrogens with zero attached hydrogens (tertiary/aromatic N) is 1. The first-order valence-corrected chi connectivity index (χ1v) is 11.8. The molecule has 1 amide bonds. The van der Waals surface area contributed by atoms with Crippen molar-refractivity contribution >= 4 is 28.3 Å². The second-order valence-corrected chi connectivity index (χ2v) is 8.31. The minimum Gasteiger partial charge on any atom is -0.494 e. The number of pyridine rings is 1. The van der Waals surface area contributed by atoms with Gasteiger partial charge in [0.1, 0.15) is 18.0 Å². The summed E-state index contributed by atoms with van der Waals surface area (Å²) < 4.78 is 12.6. The highest BCUT2D eigenvalue weighted by Crippen LogP contribution is 2.21. The Balaban J connectivity index is 1.71. The van der Waals surface area contributed by atoms with Gasteiger partial charge < -0.3 is 19.4 Å². The SMILES string of the molecule is CCOc1ccc(NC(=O)Cn2cc(C(=O)c3ccc(C)cc3)c(=O)c3cc(OCC)ccc32)cc1. The van der Waals surface area contributed by atoms with E-state index in [0.717, 1.165) is 5.56 Å². The molecule has 4 aromatic rings. The smallest absolute Gasteiger partial charge is 0.244 e. The van der Waals surface area contributed by atoms with Crippen LogP contribution in [0, 0.1) is 6.92 Å². The lowest BCUT2D eigenvalue weighted by Crippen LogP contribution is -2.24. The second kappa shape index (κ2) is 10.9. The fraction of sp³-hybridized carbons (Fsp3) is 0.207. The van der Waals surface area contributed by atoms with E-state index in [9.17, 15) is 14.4 Å². The van der Waals surface area contributed by atoms with Crippen molar-refractivity contribution < 1.29 is 19.1 Å². The fourth-order valence-corrected chi connectivity index (χ4v) is 3.94. The molecule has 0 aliphatic rings. The number of carbonyl (C=O) groups excluding carboxylic acids is 2. The summed E-state index contributed by atoms with van der Waals surface area (Å²) in [5.74, 6) is 0.537. The normalized spacial score (nSPS) is 10.8. The van der Waals surface area contributed by atoms with E-state index in [1.54, 1.807) is 59.2 Å². The highest BCUT2D eigenvalue weighted by Gasteiger charge is 2.19. The summed E-state index contributed by atoms with van der Waals surface area (Å²) in [4.78, 5) is 39.6. The quantitative estimate of drug-likeness (QED) is 0.339. The Labute approximate surface area is 209 Å². The number of aryl methyl sites for hydroxylation is 1. The van der Waals surface area contributed by atoms with Gasteiger partial charge in [0.05, 0.1) is 29.7 Å². The molecule has 1 N–H and O–H groups in total. The van der Waals surface area contributed by atoms with Gasteiger partial charge in [-0.3, -0.25) is 14.4 Å². The van der Waals surface area contributed by atoms with Gasteiger partial charge in [-0.25, -0.2) is 0 Å². The maximum Gasteiger partial charge on any atom is 0.244 e. The first-order valence-electron chi connectivity index (χ1n) is 11.8. The molecule has 3 aromatic carbocycles. The van der Waals surface area contributed by atoms with Crippen molar-refractivity contribution in [3.05, 3.63) is 99.8 Å². The Hall–Kier alpha value is -4.39. The van der Waals surface area contributed by atoms with Crippen molar-refractivity contribution in [2.45, 2.75) is 27.3 Å². The summed E-state index contributed by atoms with van der Waals surface area (Å²) in [6, 6.07) is 19.2. The number of ether oxygens (including phenoxy) is 2. The molecule has 0 bridgehead atoms. The summed E-state index contributed by atoms with van der Waals surface area (Å²) in [7, 11) is 0. The zero-order chi connectivity index (χ0) is 25.7. The average Bonchev–Trinajstić information content (AvgIpc) is 2.87. The lowest BCUT2D eigenvalue weighted by atomic mass is 10.0. The summed E-state index contributed by atoms with van der Waals surface area (Å²) >= 11 is 0.